The van der Waals surface area contributed by atoms with Gasteiger partial charge in [0.2, 0.25) is 0 Å². The minimum atomic E-state index is -0.644. The van der Waals surface area contributed by atoms with Gasteiger partial charge >= 0.3 is 0 Å². The van der Waals surface area contributed by atoms with E-state index in [2.05, 4.69) is 5.10 Å². The largest absolute Gasteiger partial charge is 0.274 e. The SMILES string of the molecule is CCc1c(C)nn(-c2cc(F)cc([N+](=O)[O-])c2)c1C. The fourth-order valence-corrected chi connectivity index (χ4v) is 2.22. The van der Waals surface area contributed by atoms with Gasteiger partial charge in [0, 0.05) is 17.8 Å². The number of nitro groups is 1. The van der Waals surface area contributed by atoms with E-state index in [0.29, 0.717) is 5.69 Å². The molecule has 1 aromatic carbocycles. The molecule has 0 amide bonds. The Morgan fingerprint density at radius 3 is 2.58 bits per heavy atom. The van der Waals surface area contributed by atoms with Crippen molar-refractivity contribution in [3.8, 4) is 5.69 Å². The lowest BCUT2D eigenvalue weighted by molar-refractivity contribution is -0.385. The van der Waals surface area contributed by atoms with E-state index in [0.717, 1.165) is 29.4 Å². The van der Waals surface area contributed by atoms with Crippen molar-refractivity contribution in [1.82, 2.24) is 9.78 Å². The quantitative estimate of drug-likeness (QED) is 0.631. The molecule has 0 spiro atoms. The topological polar surface area (TPSA) is 61.0 Å². The molecule has 2 aromatic rings. The Labute approximate surface area is 109 Å². The predicted molar refractivity (Wildman–Crippen MR) is 69.0 cm³/mol. The standard InChI is InChI=1S/C13H14FN3O2/c1-4-13-8(2)15-16(9(13)3)11-5-10(14)6-12(7-11)17(18)19/h5-7H,4H2,1-3H3. The molecular weight excluding hydrogens is 249 g/mol. The number of halogens is 1. The van der Waals surface area contributed by atoms with Crippen LogP contribution < -0.4 is 0 Å². The molecule has 0 aliphatic heterocycles. The second kappa shape index (κ2) is 4.79. The summed E-state index contributed by atoms with van der Waals surface area (Å²) >= 11 is 0. The number of hydrogen-bond donors (Lipinski definition) is 0. The van der Waals surface area contributed by atoms with E-state index in [1.165, 1.54) is 12.1 Å². The van der Waals surface area contributed by atoms with E-state index in [1.807, 2.05) is 20.8 Å². The molecule has 0 N–H and O–H groups in total. The van der Waals surface area contributed by atoms with Crippen LogP contribution in [0.2, 0.25) is 0 Å². The molecule has 19 heavy (non-hydrogen) atoms. The van der Waals surface area contributed by atoms with Crippen molar-refractivity contribution in [1.29, 1.82) is 0 Å². The Kier molecular flexibility index (Phi) is 3.33. The fourth-order valence-electron chi connectivity index (χ4n) is 2.22. The molecule has 0 saturated carbocycles. The summed E-state index contributed by atoms with van der Waals surface area (Å²) < 4.78 is 15.0. The first-order chi connectivity index (χ1) is 8.93. The zero-order valence-electron chi connectivity index (χ0n) is 11.0. The Hall–Kier alpha value is -2.24. The molecule has 0 atom stereocenters. The molecule has 0 bridgehead atoms. The molecular formula is C13H14FN3O2. The van der Waals surface area contributed by atoms with Gasteiger partial charge < -0.3 is 0 Å². The summed E-state index contributed by atoms with van der Waals surface area (Å²) in [6.45, 7) is 5.75. The third-order valence-electron chi connectivity index (χ3n) is 3.12. The minimum Gasteiger partial charge on any atom is -0.258 e. The van der Waals surface area contributed by atoms with Gasteiger partial charge in [0.1, 0.15) is 5.82 Å². The van der Waals surface area contributed by atoms with Gasteiger partial charge in [-0.25, -0.2) is 9.07 Å². The third kappa shape index (κ3) is 2.33. The lowest BCUT2D eigenvalue weighted by Gasteiger charge is -2.05. The summed E-state index contributed by atoms with van der Waals surface area (Å²) in [6.07, 6.45) is 0.815. The molecule has 100 valence electrons. The highest BCUT2D eigenvalue weighted by Gasteiger charge is 2.15. The zero-order chi connectivity index (χ0) is 14.2. The van der Waals surface area contributed by atoms with E-state index >= 15 is 0 Å². The lowest BCUT2D eigenvalue weighted by atomic mass is 10.1. The smallest absolute Gasteiger partial charge is 0.258 e. The number of aromatic nitrogens is 2. The zero-order valence-corrected chi connectivity index (χ0v) is 11.0. The molecule has 0 fully saturated rings. The van der Waals surface area contributed by atoms with Crippen molar-refractivity contribution in [2.45, 2.75) is 27.2 Å². The van der Waals surface area contributed by atoms with Gasteiger partial charge in [0.15, 0.2) is 0 Å². The summed E-state index contributed by atoms with van der Waals surface area (Å²) in [6, 6.07) is 3.46. The maximum Gasteiger partial charge on any atom is 0.274 e. The summed E-state index contributed by atoms with van der Waals surface area (Å²) in [5.41, 5.74) is 2.89. The van der Waals surface area contributed by atoms with Gasteiger partial charge in [0.05, 0.1) is 22.4 Å². The number of aryl methyl sites for hydroxylation is 1. The van der Waals surface area contributed by atoms with Gasteiger partial charge in [-0.1, -0.05) is 6.92 Å². The second-order valence-corrected chi connectivity index (χ2v) is 4.34. The van der Waals surface area contributed by atoms with Crippen LogP contribution in [0.15, 0.2) is 18.2 Å². The maximum atomic E-state index is 13.4. The van der Waals surface area contributed by atoms with Crippen LogP contribution in [0.3, 0.4) is 0 Å². The second-order valence-electron chi connectivity index (χ2n) is 4.34. The van der Waals surface area contributed by atoms with Crippen LogP contribution in [0, 0.1) is 29.8 Å². The average Bonchev–Trinajstić information content (AvgIpc) is 2.63. The summed E-state index contributed by atoms with van der Waals surface area (Å²) in [5.74, 6) is -0.644. The lowest BCUT2D eigenvalue weighted by Crippen LogP contribution is -2.01. The van der Waals surface area contributed by atoms with E-state index in [1.54, 1.807) is 4.68 Å². The minimum absolute atomic E-state index is 0.277. The Balaban J connectivity index is 2.62. The normalized spacial score (nSPS) is 10.7. The van der Waals surface area contributed by atoms with Crippen molar-refractivity contribution in [2.75, 3.05) is 0 Å². The van der Waals surface area contributed by atoms with Gasteiger partial charge in [-0.2, -0.15) is 5.10 Å². The van der Waals surface area contributed by atoms with E-state index < -0.39 is 10.7 Å². The molecule has 2 rings (SSSR count). The Bertz CT molecular complexity index is 650. The van der Waals surface area contributed by atoms with Gasteiger partial charge in [-0.15, -0.1) is 0 Å². The Morgan fingerprint density at radius 1 is 1.37 bits per heavy atom. The van der Waals surface area contributed by atoms with Gasteiger partial charge in [-0.05, 0) is 25.8 Å². The summed E-state index contributed by atoms with van der Waals surface area (Å²) in [7, 11) is 0. The van der Waals surface area contributed by atoms with Crippen LogP contribution in [0.25, 0.3) is 5.69 Å². The number of hydrogen-bond acceptors (Lipinski definition) is 3. The van der Waals surface area contributed by atoms with Gasteiger partial charge in [0.25, 0.3) is 5.69 Å². The maximum absolute atomic E-state index is 13.4. The van der Waals surface area contributed by atoms with Crippen LogP contribution in [0.4, 0.5) is 10.1 Å². The van der Waals surface area contributed by atoms with Gasteiger partial charge in [-0.3, -0.25) is 10.1 Å². The van der Waals surface area contributed by atoms with Crippen LogP contribution in [0.1, 0.15) is 23.9 Å². The number of benzene rings is 1. The molecule has 0 aliphatic carbocycles. The van der Waals surface area contributed by atoms with E-state index in [-0.39, 0.29) is 5.69 Å². The van der Waals surface area contributed by atoms with E-state index in [4.69, 9.17) is 0 Å². The molecule has 1 heterocycles. The van der Waals surface area contributed by atoms with Crippen LogP contribution in [-0.4, -0.2) is 14.7 Å². The number of nitrogens with zero attached hydrogens (tertiary/aromatic N) is 3. The molecule has 5 nitrogen and oxygen atoms in total. The molecule has 0 unspecified atom stereocenters. The summed E-state index contributed by atoms with van der Waals surface area (Å²) in [5, 5.41) is 15.1. The highest BCUT2D eigenvalue weighted by Crippen LogP contribution is 2.23. The Morgan fingerprint density at radius 2 is 2.05 bits per heavy atom. The molecule has 1 aromatic heterocycles. The molecule has 6 heteroatoms. The monoisotopic (exact) mass is 263 g/mol. The van der Waals surface area contributed by atoms with Crippen molar-refractivity contribution in [2.24, 2.45) is 0 Å². The van der Waals surface area contributed by atoms with Crippen molar-refractivity contribution in [3.63, 3.8) is 0 Å². The highest BCUT2D eigenvalue weighted by atomic mass is 19.1. The molecule has 0 aliphatic rings. The van der Waals surface area contributed by atoms with Crippen LogP contribution in [-0.2, 0) is 6.42 Å². The van der Waals surface area contributed by atoms with Crippen molar-refractivity contribution >= 4 is 5.69 Å². The molecule has 0 radical (unpaired) electrons. The first-order valence-corrected chi connectivity index (χ1v) is 5.94. The van der Waals surface area contributed by atoms with Crippen molar-refractivity contribution in [3.05, 3.63) is 51.1 Å². The van der Waals surface area contributed by atoms with E-state index in [9.17, 15) is 14.5 Å². The first-order valence-electron chi connectivity index (χ1n) is 5.94. The van der Waals surface area contributed by atoms with Crippen LogP contribution >= 0.6 is 0 Å². The van der Waals surface area contributed by atoms with Crippen molar-refractivity contribution < 1.29 is 9.31 Å². The van der Waals surface area contributed by atoms with Crippen LogP contribution in [0.5, 0.6) is 0 Å². The fraction of sp³-hybridized carbons (Fsp3) is 0.308. The summed E-state index contributed by atoms with van der Waals surface area (Å²) in [4.78, 5) is 10.1. The highest BCUT2D eigenvalue weighted by molar-refractivity contribution is 5.45. The number of rotatable bonds is 3. The first kappa shape index (κ1) is 13.2. The molecule has 0 saturated heterocycles. The average molecular weight is 263 g/mol. The number of nitro benzene ring substituents is 1. The predicted octanol–water partition coefficient (Wildman–Crippen LogP) is 3.10. The third-order valence-corrected chi connectivity index (χ3v) is 3.12. The number of non-ortho nitro benzene ring substituents is 1.